The maximum absolute atomic E-state index is 11.6. The summed E-state index contributed by atoms with van der Waals surface area (Å²) in [5, 5.41) is 0. The van der Waals surface area contributed by atoms with Crippen LogP contribution < -0.4 is 0 Å². The molecular formula is C12H22O. The summed E-state index contributed by atoms with van der Waals surface area (Å²) >= 11 is 0. The lowest BCUT2D eigenvalue weighted by Gasteiger charge is -2.14. The molecule has 0 aliphatic carbocycles. The summed E-state index contributed by atoms with van der Waals surface area (Å²) in [7, 11) is 0. The molecule has 0 aliphatic heterocycles. The molecule has 1 nitrogen and oxygen atoms in total. The summed E-state index contributed by atoms with van der Waals surface area (Å²) in [6.07, 6.45) is 2.72. The minimum absolute atomic E-state index is 0.108. The van der Waals surface area contributed by atoms with Gasteiger partial charge >= 0.3 is 0 Å². The van der Waals surface area contributed by atoms with Crippen LogP contribution in [0.5, 0.6) is 0 Å². The first-order chi connectivity index (χ1) is 5.72. The van der Waals surface area contributed by atoms with E-state index in [-0.39, 0.29) is 11.2 Å². The van der Waals surface area contributed by atoms with Crippen LogP contribution >= 0.6 is 0 Å². The third kappa shape index (κ3) is 6.56. The second-order valence-electron chi connectivity index (χ2n) is 5.21. The molecule has 0 amide bonds. The fraction of sp³-hybridized carbons (Fsp3) is 0.750. The third-order valence-corrected chi connectivity index (χ3v) is 1.68. The molecule has 0 rings (SSSR count). The predicted molar refractivity (Wildman–Crippen MR) is 57.7 cm³/mol. The van der Waals surface area contributed by atoms with Gasteiger partial charge in [0, 0.05) is 6.42 Å². The standard InChI is InChI=1S/C12H22O/c1-9(2)7-11(13)10(3)8-12(4,5)6/h8-9H,7H2,1-6H3/b10-8+. The van der Waals surface area contributed by atoms with Crippen molar-refractivity contribution in [3.63, 3.8) is 0 Å². The van der Waals surface area contributed by atoms with E-state index in [0.29, 0.717) is 12.3 Å². The van der Waals surface area contributed by atoms with Gasteiger partial charge in [-0.2, -0.15) is 0 Å². The van der Waals surface area contributed by atoms with Gasteiger partial charge in [0.15, 0.2) is 5.78 Å². The van der Waals surface area contributed by atoms with E-state index in [9.17, 15) is 4.79 Å². The largest absolute Gasteiger partial charge is 0.295 e. The minimum Gasteiger partial charge on any atom is -0.295 e. The summed E-state index contributed by atoms with van der Waals surface area (Å²) in [4.78, 5) is 11.6. The Bertz CT molecular complexity index is 204. The average Bonchev–Trinajstić information content (AvgIpc) is 1.81. The molecule has 0 unspecified atom stereocenters. The first-order valence-electron chi connectivity index (χ1n) is 4.95. The van der Waals surface area contributed by atoms with Gasteiger partial charge in [-0.15, -0.1) is 0 Å². The van der Waals surface area contributed by atoms with Crippen LogP contribution in [0.2, 0.25) is 0 Å². The number of hydrogen-bond donors (Lipinski definition) is 0. The Balaban J connectivity index is 4.34. The number of carbonyl (C=O) groups excluding carboxylic acids is 1. The van der Waals surface area contributed by atoms with Crippen molar-refractivity contribution in [2.75, 3.05) is 0 Å². The molecule has 0 spiro atoms. The molecule has 0 saturated heterocycles. The van der Waals surface area contributed by atoms with Crippen LogP contribution in [-0.4, -0.2) is 5.78 Å². The number of hydrogen-bond acceptors (Lipinski definition) is 1. The number of rotatable bonds is 3. The van der Waals surface area contributed by atoms with Crippen molar-refractivity contribution >= 4 is 5.78 Å². The highest BCUT2D eigenvalue weighted by Gasteiger charge is 2.11. The first kappa shape index (κ1) is 12.4. The van der Waals surface area contributed by atoms with E-state index in [2.05, 4.69) is 40.7 Å². The lowest BCUT2D eigenvalue weighted by atomic mass is 9.91. The Labute approximate surface area is 82.2 Å². The predicted octanol–water partition coefficient (Wildman–Crippen LogP) is 3.59. The van der Waals surface area contributed by atoms with E-state index in [0.717, 1.165) is 5.57 Å². The van der Waals surface area contributed by atoms with E-state index >= 15 is 0 Å². The summed E-state index contributed by atoms with van der Waals surface area (Å²) < 4.78 is 0. The molecular weight excluding hydrogens is 160 g/mol. The summed E-state index contributed by atoms with van der Waals surface area (Å²) in [5.41, 5.74) is 1.01. The van der Waals surface area contributed by atoms with Gasteiger partial charge < -0.3 is 0 Å². The molecule has 0 aromatic rings. The van der Waals surface area contributed by atoms with E-state index in [4.69, 9.17) is 0 Å². The van der Waals surface area contributed by atoms with Crippen LogP contribution in [-0.2, 0) is 4.79 Å². The molecule has 0 saturated carbocycles. The van der Waals surface area contributed by atoms with Crippen LogP contribution in [0.15, 0.2) is 11.6 Å². The van der Waals surface area contributed by atoms with Crippen LogP contribution in [0.4, 0.5) is 0 Å². The maximum Gasteiger partial charge on any atom is 0.158 e. The third-order valence-electron chi connectivity index (χ3n) is 1.68. The monoisotopic (exact) mass is 182 g/mol. The van der Waals surface area contributed by atoms with Crippen molar-refractivity contribution in [3.05, 3.63) is 11.6 Å². The van der Waals surface area contributed by atoms with E-state index in [1.165, 1.54) is 0 Å². The Hall–Kier alpha value is -0.590. The van der Waals surface area contributed by atoms with Gasteiger partial charge in [0.05, 0.1) is 0 Å². The zero-order valence-corrected chi connectivity index (χ0v) is 9.77. The zero-order chi connectivity index (χ0) is 10.6. The van der Waals surface area contributed by atoms with Crippen molar-refractivity contribution in [2.24, 2.45) is 11.3 Å². The molecule has 0 aliphatic rings. The molecule has 1 heteroatoms. The van der Waals surface area contributed by atoms with Crippen molar-refractivity contribution in [2.45, 2.75) is 48.0 Å². The van der Waals surface area contributed by atoms with Gasteiger partial charge in [-0.25, -0.2) is 0 Å². The summed E-state index contributed by atoms with van der Waals surface area (Å²) in [6, 6.07) is 0. The van der Waals surface area contributed by atoms with Gasteiger partial charge in [0.25, 0.3) is 0 Å². The van der Waals surface area contributed by atoms with Crippen LogP contribution in [0, 0.1) is 11.3 Å². The average molecular weight is 182 g/mol. The fourth-order valence-corrected chi connectivity index (χ4v) is 1.26. The van der Waals surface area contributed by atoms with Crippen molar-refractivity contribution in [1.82, 2.24) is 0 Å². The Morgan fingerprint density at radius 3 is 2.08 bits per heavy atom. The van der Waals surface area contributed by atoms with Crippen LogP contribution in [0.1, 0.15) is 48.0 Å². The van der Waals surface area contributed by atoms with Gasteiger partial charge in [-0.3, -0.25) is 4.79 Å². The van der Waals surface area contributed by atoms with E-state index in [1.54, 1.807) is 0 Å². The van der Waals surface area contributed by atoms with Crippen LogP contribution in [0.3, 0.4) is 0 Å². The van der Waals surface area contributed by atoms with Gasteiger partial charge in [0.2, 0.25) is 0 Å². The molecule has 0 bridgehead atoms. The number of allylic oxidation sites excluding steroid dienone is 2. The molecule has 0 atom stereocenters. The second-order valence-corrected chi connectivity index (χ2v) is 5.21. The van der Waals surface area contributed by atoms with Crippen molar-refractivity contribution < 1.29 is 4.79 Å². The van der Waals surface area contributed by atoms with E-state index in [1.807, 2.05) is 6.92 Å². The molecule has 0 fully saturated rings. The highest BCUT2D eigenvalue weighted by Crippen LogP contribution is 2.19. The number of carbonyl (C=O) groups is 1. The number of ketones is 1. The minimum atomic E-state index is 0.108. The Kier molecular flexibility index (Phi) is 4.38. The molecule has 0 heterocycles. The Morgan fingerprint density at radius 2 is 1.77 bits per heavy atom. The number of Topliss-reactive ketones (excluding diaryl/α,β-unsaturated/α-hetero) is 1. The highest BCUT2D eigenvalue weighted by molar-refractivity contribution is 5.94. The topological polar surface area (TPSA) is 17.1 Å². The van der Waals surface area contributed by atoms with Gasteiger partial charge in [-0.05, 0) is 23.8 Å². The van der Waals surface area contributed by atoms with E-state index < -0.39 is 0 Å². The first-order valence-corrected chi connectivity index (χ1v) is 4.95. The summed E-state index contributed by atoms with van der Waals surface area (Å²) in [6.45, 7) is 12.4. The second kappa shape index (κ2) is 4.59. The molecule has 0 radical (unpaired) electrons. The lowest BCUT2D eigenvalue weighted by molar-refractivity contribution is -0.116. The van der Waals surface area contributed by atoms with Gasteiger partial charge in [-0.1, -0.05) is 40.7 Å². The summed E-state index contributed by atoms with van der Waals surface area (Å²) in [5.74, 6) is 0.737. The molecule has 13 heavy (non-hydrogen) atoms. The van der Waals surface area contributed by atoms with Crippen molar-refractivity contribution in [1.29, 1.82) is 0 Å². The highest BCUT2D eigenvalue weighted by atomic mass is 16.1. The van der Waals surface area contributed by atoms with Crippen molar-refractivity contribution in [3.8, 4) is 0 Å². The normalized spacial score (nSPS) is 13.6. The smallest absolute Gasteiger partial charge is 0.158 e. The molecule has 76 valence electrons. The zero-order valence-electron chi connectivity index (χ0n) is 9.77. The molecule has 0 aromatic heterocycles. The van der Waals surface area contributed by atoms with Gasteiger partial charge in [0.1, 0.15) is 0 Å². The fourth-order valence-electron chi connectivity index (χ4n) is 1.26. The maximum atomic E-state index is 11.6. The Morgan fingerprint density at radius 1 is 1.31 bits per heavy atom. The van der Waals surface area contributed by atoms with Crippen LogP contribution in [0.25, 0.3) is 0 Å². The lowest BCUT2D eigenvalue weighted by Crippen LogP contribution is -2.08. The molecule has 0 aromatic carbocycles. The quantitative estimate of drug-likeness (QED) is 0.609. The molecule has 0 N–H and O–H groups in total. The SMILES string of the molecule is C/C(=C\C(C)(C)C)C(=O)CC(C)C.